The molecule has 1 N–H and O–H groups in total. The van der Waals surface area contributed by atoms with Crippen molar-refractivity contribution in [2.24, 2.45) is 7.05 Å². The first kappa shape index (κ1) is 17.6. The Labute approximate surface area is 153 Å². The van der Waals surface area contributed by atoms with Crippen LogP contribution in [0.1, 0.15) is 11.3 Å². The second kappa shape index (κ2) is 6.96. The van der Waals surface area contributed by atoms with Crippen molar-refractivity contribution in [3.8, 4) is 5.69 Å². The summed E-state index contributed by atoms with van der Waals surface area (Å²) in [6, 6.07) is 5.48. The molecule has 0 saturated carbocycles. The van der Waals surface area contributed by atoms with Crippen LogP contribution < -0.4 is 10.9 Å². The summed E-state index contributed by atoms with van der Waals surface area (Å²) in [5.74, 6) is 0. The molecule has 9 nitrogen and oxygen atoms in total. The summed E-state index contributed by atoms with van der Waals surface area (Å²) in [4.78, 5) is 22.7. The SMILES string of the molecule is Cc1c(CNc2cnn(-c3ccc([N+](=O)[O-])cc3)c(=O)c2Cl)cnn1C. The first-order valence-electron chi connectivity index (χ1n) is 7.62. The maximum atomic E-state index is 12.5. The van der Waals surface area contributed by atoms with Crippen LogP contribution in [-0.2, 0) is 13.6 Å². The molecule has 0 unspecified atom stereocenters. The van der Waals surface area contributed by atoms with Crippen LogP contribution in [-0.4, -0.2) is 24.5 Å². The van der Waals surface area contributed by atoms with Crippen LogP contribution in [0.3, 0.4) is 0 Å². The monoisotopic (exact) mass is 374 g/mol. The average molecular weight is 375 g/mol. The summed E-state index contributed by atoms with van der Waals surface area (Å²) >= 11 is 6.18. The molecular weight excluding hydrogens is 360 g/mol. The van der Waals surface area contributed by atoms with E-state index in [0.29, 0.717) is 17.9 Å². The zero-order valence-corrected chi connectivity index (χ0v) is 14.8. The predicted octanol–water partition coefficient (Wildman–Crippen LogP) is 2.45. The van der Waals surface area contributed by atoms with Crippen LogP contribution in [0.25, 0.3) is 5.69 Å². The Bertz CT molecular complexity index is 1030. The summed E-state index contributed by atoms with van der Waals surface area (Å²) in [5, 5.41) is 22.0. The van der Waals surface area contributed by atoms with Gasteiger partial charge in [0.05, 0.1) is 28.7 Å². The van der Waals surface area contributed by atoms with Gasteiger partial charge in [-0.1, -0.05) is 11.6 Å². The molecule has 0 aliphatic carbocycles. The Morgan fingerprint density at radius 3 is 2.50 bits per heavy atom. The van der Waals surface area contributed by atoms with Crippen molar-refractivity contribution < 1.29 is 4.92 Å². The van der Waals surface area contributed by atoms with Gasteiger partial charge in [-0.25, -0.2) is 0 Å². The number of nitro groups is 1. The number of nitrogens with one attached hydrogen (secondary N) is 1. The van der Waals surface area contributed by atoms with Gasteiger partial charge < -0.3 is 5.32 Å². The van der Waals surface area contributed by atoms with Crippen molar-refractivity contribution in [3.05, 3.63) is 73.4 Å². The Hall–Kier alpha value is -3.20. The number of anilines is 1. The van der Waals surface area contributed by atoms with Crippen molar-refractivity contribution in [2.75, 3.05) is 5.32 Å². The van der Waals surface area contributed by atoms with Crippen molar-refractivity contribution in [1.29, 1.82) is 0 Å². The van der Waals surface area contributed by atoms with Crippen molar-refractivity contribution in [2.45, 2.75) is 13.5 Å². The molecule has 134 valence electrons. The van der Waals surface area contributed by atoms with E-state index in [2.05, 4.69) is 15.5 Å². The number of rotatable bonds is 5. The molecule has 1 aromatic carbocycles. The smallest absolute Gasteiger partial charge is 0.292 e. The molecule has 10 heteroatoms. The minimum absolute atomic E-state index is 0.0140. The number of hydrogen-bond acceptors (Lipinski definition) is 6. The Kier molecular flexibility index (Phi) is 4.72. The summed E-state index contributed by atoms with van der Waals surface area (Å²) in [5.41, 5.74) is 2.17. The average Bonchev–Trinajstić information content (AvgIpc) is 2.95. The van der Waals surface area contributed by atoms with E-state index in [4.69, 9.17) is 11.6 Å². The van der Waals surface area contributed by atoms with E-state index < -0.39 is 10.5 Å². The zero-order chi connectivity index (χ0) is 18.8. The van der Waals surface area contributed by atoms with Gasteiger partial charge in [-0.15, -0.1) is 0 Å². The molecule has 3 rings (SSSR count). The van der Waals surface area contributed by atoms with Crippen molar-refractivity contribution >= 4 is 23.0 Å². The molecule has 0 aliphatic heterocycles. The van der Waals surface area contributed by atoms with Gasteiger partial charge in [-0.05, 0) is 19.1 Å². The zero-order valence-electron chi connectivity index (χ0n) is 14.0. The van der Waals surface area contributed by atoms with Gasteiger partial charge in [0.2, 0.25) is 0 Å². The number of non-ortho nitro benzene ring substituents is 1. The third-order valence-corrected chi connectivity index (χ3v) is 4.40. The lowest BCUT2D eigenvalue weighted by molar-refractivity contribution is -0.384. The van der Waals surface area contributed by atoms with Crippen molar-refractivity contribution in [1.82, 2.24) is 19.6 Å². The van der Waals surface area contributed by atoms with Gasteiger partial charge >= 0.3 is 0 Å². The standard InChI is InChI=1S/C16H15ClN6O3/c1-10-11(8-19-21(10)2)7-18-14-9-20-22(16(24)15(14)17)12-3-5-13(6-4-12)23(25)26/h3-6,8-9,18H,7H2,1-2H3. The van der Waals surface area contributed by atoms with Crippen LogP contribution in [0.5, 0.6) is 0 Å². The molecule has 2 aromatic heterocycles. The molecule has 0 radical (unpaired) electrons. The highest BCUT2D eigenvalue weighted by Gasteiger charge is 2.13. The van der Waals surface area contributed by atoms with Crippen LogP contribution in [0, 0.1) is 17.0 Å². The van der Waals surface area contributed by atoms with Crippen LogP contribution in [0.4, 0.5) is 11.4 Å². The Morgan fingerprint density at radius 1 is 1.23 bits per heavy atom. The normalized spacial score (nSPS) is 10.7. The van der Waals surface area contributed by atoms with Crippen molar-refractivity contribution in [3.63, 3.8) is 0 Å². The molecule has 2 heterocycles. The van der Waals surface area contributed by atoms with Gasteiger partial charge in [0.15, 0.2) is 0 Å². The largest absolute Gasteiger partial charge is 0.378 e. The Morgan fingerprint density at radius 2 is 1.92 bits per heavy atom. The fraction of sp³-hybridized carbons (Fsp3) is 0.188. The highest BCUT2D eigenvalue weighted by atomic mass is 35.5. The van der Waals surface area contributed by atoms with Gasteiger partial charge in [0.25, 0.3) is 11.2 Å². The van der Waals surface area contributed by atoms with Gasteiger partial charge in [0.1, 0.15) is 5.02 Å². The molecule has 0 aliphatic rings. The highest BCUT2D eigenvalue weighted by molar-refractivity contribution is 6.32. The predicted molar refractivity (Wildman–Crippen MR) is 96.8 cm³/mol. The minimum Gasteiger partial charge on any atom is -0.378 e. The van der Waals surface area contributed by atoms with E-state index >= 15 is 0 Å². The third-order valence-electron chi connectivity index (χ3n) is 4.03. The molecule has 0 amide bonds. The van der Waals surface area contributed by atoms with Gasteiger partial charge in [0, 0.05) is 37.0 Å². The third kappa shape index (κ3) is 3.29. The van der Waals surface area contributed by atoms with Crippen LogP contribution >= 0.6 is 11.6 Å². The number of halogens is 1. The summed E-state index contributed by atoms with van der Waals surface area (Å²) in [6.45, 7) is 2.39. The number of aryl methyl sites for hydroxylation is 1. The van der Waals surface area contributed by atoms with E-state index in [1.54, 1.807) is 10.9 Å². The fourth-order valence-electron chi connectivity index (χ4n) is 2.36. The second-order valence-electron chi connectivity index (χ2n) is 5.60. The number of nitrogens with zero attached hydrogens (tertiary/aromatic N) is 5. The number of hydrogen-bond donors (Lipinski definition) is 1. The number of benzene rings is 1. The lowest BCUT2D eigenvalue weighted by atomic mass is 10.2. The molecule has 0 bridgehead atoms. The van der Waals surface area contributed by atoms with Crippen LogP contribution in [0.15, 0.2) is 41.5 Å². The summed E-state index contributed by atoms with van der Waals surface area (Å²) in [6.07, 6.45) is 3.18. The Balaban J connectivity index is 1.85. The lowest BCUT2D eigenvalue weighted by Crippen LogP contribution is -2.22. The second-order valence-corrected chi connectivity index (χ2v) is 5.97. The molecule has 0 spiro atoms. The molecule has 0 fully saturated rings. The van der Waals surface area contributed by atoms with Gasteiger partial charge in [-0.3, -0.25) is 19.6 Å². The summed E-state index contributed by atoms with van der Waals surface area (Å²) in [7, 11) is 1.85. The quantitative estimate of drug-likeness (QED) is 0.542. The number of aromatic nitrogens is 4. The van der Waals surface area contributed by atoms with E-state index in [1.807, 2.05) is 14.0 Å². The molecular formula is C16H15ClN6O3. The summed E-state index contributed by atoms with van der Waals surface area (Å²) < 4.78 is 2.84. The number of nitro benzene ring substituents is 1. The van der Waals surface area contributed by atoms with E-state index in [0.717, 1.165) is 15.9 Å². The molecule has 3 aromatic rings. The van der Waals surface area contributed by atoms with Gasteiger partial charge in [-0.2, -0.15) is 14.9 Å². The topological polar surface area (TPSA) is 108 Å². The molecule has 0 saturated heterocycles. The molecule has 26 heavy (non-hydrogen) atoms. The minimum atomic E-state index is -0.520. The van der Waals surface area contributed by atoms with E-state index in [1.165, 1.54) is 30.5 Å². The fourth-order valence-corrected chi connectivity index (χ4v) is 2.56. The molecule has 0 atom stereocenters. The maximum absolute atomic E-state index is 12.5. The highest BCUT2D eigenvalue weighted by Crippen LogP contribution is 2.19. The van der Waals surface area contributed by atoms with Crippen LogP contribution in [0.2, 0.25) is 5.02 Å². The first-order chi connectivity index (χ1) is 12.4. The first-order valence-corrected chi connectivity index (χ1v) is 8.00. The van der Waals surface area contributed by atoms with E-state index in [9.17, 15) is 14.9 Å². The van der Waals surface area contributed by atoms with E-state index in [-0.39, 0.29) is 10.7 Å². The maximum Gasteiger partial charge on any atom is 0.292 e. The lowest BCUT2D eigenvalue weighted by Gasteiger charge is -2.10.